The molecule has 0 radical (unpaired) electrons. The highest BCUT2D eigenvalue weighted by atomic mass is 16.7. The summed E-state index contributed by atoms with van der Waals surface area (Å²) in [6.07, 6.45) is 0.223. The fraction of sp³-hybridized carbons (Fsp3) is 0.636. The lowest BCUT2D eigenvalue weighted by Crippen LogP contribution is -2.34. The van der Waals surface area contributed by atoms with E-state index in [9.17, 15) is 19.2 Å². The molecule has 3 amide bonds. The van der Waals surface area contributed by atoms with Crippen molar-refractivity contribution in [2.24, 2.45) is 5.73 Å². The largest absolute Gasteiger partial charge is 0.345 e. The van der Waals surface area contributed by atoms with Gasteiger partial charge in [-0.3, -0.25) is 14.4 Å². The summed E-state index contributed by atoms with van der Waals surface area (Å²) in [7, 11) is 1.54. The molecule has 0 unspecified atom stereocenters. The van der Waals surface area contributed by atoms with Crippen molar-refractivity contribution in [2.75, 3.05) is 20.1 Å². The van der Waals surface area contributed by atoms with Gasteiger partial charge < -0.3 is 15.5 Å². The van der Waals surface area contributed by atoms with Crippen LogP contribution in [0.3, 0.4) is 0 Å². The molecule has 1 saturated heterocycles. The van der Waals surface area contributed by atoms with Gasteiger partial charge in [-0.1, -0.05) is 0 Å². The first kappa shape index (κ1) is 15.1. The van der Waals surface area contributed by atoms with Crippen LogP contribution in [0.4, 0.5) is 0 Å². The Bertz CT molecular complexity index is 380. The third-order valence-electron chi connectivity index (χ3n) is 2.63. The van der Waals surface area contributed by atoms with E-state index in [0.29, 0.717) is 5.06 Å². The molecule has 0 aromatic rings. The average molecular weight is 271 g/mol. The molecule has 8 heteroatoms. The molecule has 1 aliphatic rings. The molecule has 0 saturated carbocycles. The molecular formula is C11H17N3O5. The maximum absolute atomic E-state index is 11.4. The summed E-state index contributed by atoms with van der Waals surface area (Å²) in [5.41, 5.74) is 5.24. The SMILES string of the molecule is CN(CCC(=O)ON1C(=O)CCC1=O)C(=O)CCN. The summed E-state index contributed by atoms with van der Waals surface area (Å²) < 4.78 is 0. The van der Waals surface area contributed by atoms with Crippen molar-refractivity contribution in [1.29, 1.82) is 0 Å². The standard InChI is InChI=1S/C11H17N3O5/c1-13(8(15)4-6-12)7-5-11(18)19-14-9(16)2-3-10(14)17/h2-7,12H2,1H3. The molecule has 0 aromatic carbocycles. The van der Waals surface area contributed by atoms with Gasteiger partial charge in [0.1, 0.15) is 0 Å². The zero-order chi connectivity index (χ0) is 14.4. The van der Waals surface area contributed by atoms with Crippen molar-refractivity contribution in [3.8, 4) is 0 Å². The Morgan fingerprint density at radius 3 is 2.37 bits per heavy atom. The van der Waals surface area contributed by atoms with Crippen LogP contribution in [0.5, 0.6) is 0 Å². The van der Waals surface area contributed by atoms with Gasteiger partial charge in [0.15, 0.2) is 0 Å². The van der Waals surface area contributed by atoms with Crippen molar-refractivity contribution < 1.29 is 24.0 Å². The quantitative estimate of drug-likeness (QED) is 0.607. The van der Waals surface area contributed by atoms with Gasteiger partial charge in [-0.15, -0.1) is 5.06 Å². The molecule has 19 heavy (non-hydrogen) atoms. The van der Waals surface area contributed by atoms with Crippen molar-refractivity contribution in [3.05, 3.63) is 0 Å². The fourth-order valence-corrected chi connectivity index (χ4v) is 1.50. The lowest BCUT2D eigenvalue weighted by atomic mass is 10.3. The maximum Gasteiger partial charge on any atom is 0.334 e. The third-order valence-corrected chi connectivity index (χ3v) is 2.63. The number of imide groups is 1. The molecule has 1 rings (SSSR count). The van der Waals surface area contributed by atoms with Gasteiger partial charge in [0.2, 0.25) is 5.91 Å². The van der Waals surface area contributed by atoms with Gasteiger partial charge in [-0.05, 0) is 0 Å². The Morgan fingerprint density at radius 1 is 1.26 bits per heavy atom. The molecule has 1 aliphatic heterocycles. The number of carbonyl (C=O) groups excluding carboxylic acids is 4. The number of nitrogens with zero attached hydrogens (tertiary/aromatic N) is 2. The lowest BCUT2D eigenvalue weighted by molar-refractivity contribution is -0.197. The van der Waals surface area contributed by atoms with Crippen LogP contribution in [0, 0.1) is 0 Å². The number of amides is 3. The number of hydrogen-bond donors (Lipinski definition) is 1. The number of nitrogens with two attached hydrogens (primary N) is 1. The topological polar surface area (TPSA) is 110 Å². The minimum absolute atomic E-state index is 0.0565. The molecule has 1 fully saturated rings. The first-order chi connectivity index (χ1) is 8.95. The summed E-state index contributed by atoms with van der Waals surface area (Å²) in [5, 5.41) is 0.490. The van der Waals surface area contributed by atoms with Crippen LogP contribution in [-0.4, -0.2) is 53.8 Å². The highest BCUT2D eigenvalue weighted by Gasteiger charge is 2.32. The number of hydrogen-bond acceptors (Lipinski definition) is 6. The summed E-state index contributed by atoms with van der Waals surface area (Å²) in [5.74, 6) is -1.95. The predicted molar refractivity (Wildman–Crippen MR) is 63.1 cm³/mol. The summed E-state index contributed by atoms with van der Waals surface area (Å²) >= 11 is 0. The van der Waals surface area contributed by atoms with Crippen molar-refractivity contribution >= 4 is 23.7 Å². The molecule has 0 aliphatic carbocycles. The number of hydroxylamine groups is 2. The summed E-state index contributed by atoms with van der Waals surface area (Å²) in [4.78, 5) is 51.2. The second kappa shape index (κ2) is 6.83. The molecule has 1 heterocycles. The minimum atomic E-state index is -0.726. The number of carbonyl (C=O) groups is 4. The predicted octanol–water partition coefficient (Wildman–Crippen LogP) is -1.21. The second-order valence-electron chi connectivity index (χ2n) is 4.15. The molecule has 106 valence electrons. The van der Waals surface area contributed by atoms with Crippen LogP contribution < -0.4 is 5.73 Å². The van der Waals surface area contributed by atoms with E-state index < -0.39 is 17.8 Å². The normalized spacial score (nSPS) is 14.7. The molecular weight excluding hydrogens is 254 g/mol. The van der Waals surface area contributed by atoms with E-state index in [-0.39, 0.29) is 44.7 Å². The molecule has 2 N–H and O–H groups in total. The van der Waals surface area contributed by atoms with Crippen LogP contribution >= 0.6 is 0 Å². The van der Waals surface area contributed by atoms with Gasteiger partial charge in [0.05, 0.1) is 6.42 Å². The monoisotopic (exact) mass is 271 g/mol. The molecule has 0 aromatic heterocycles. The highest BCUT2D eigenvalue weighted by molar-refractivity contribution is 6.01. The lowest BCUT2D eigenvalue weighted by Gasteiger charge is -2.17. The Hall–Kier alpha value is -1.96. The van der Waals surface area contributed by atoms with Crippen LogP contribution in [-0.2, 0) is 24.0 Å². The Labute approximate surface area is 110 Å². The van der Waals surface area contributed by atoms with E-state index in [0.717, 1.165) is 0 Å². The molecule has 0 bridgehead atoms. The van der Waals surface area contributed by atoms with Crippen molar-refractivity contribution in [3.63, 3.8) is 0 Å². The smallest absolute Gasteiger partial charge is 0.334 e. The van der Waals surface area contributed by atoms with E-state index in [1.165, 1.54) is 11.9 Å². The van der Waals surface area contributed by atoms with Gasteiger partial charge >= 0.3 is 5.97 Å². The molecule has 0 spiro atoms. The Morgan fingerprint density at radius 2 is 1.84 bits per heavy atom. The van der Waals surface area contributed by atoms with E-state index in [1.54, 1.807) is 0 Å². The van der Waals surface area contributed by atoms with Gasteiger partial charge in [0.25, 0.3) is 11.8 Å². The van der Waals surface area contributed by atoms with Gasteiger partial charge in [-0.2, -0.15) is 0 Å². The Kier molecular flexibility index (Phi) is 5.43. The maximum atomic E-state index is 11.4. The van der Waals surface area contributed by atoms with Crippen molar-refractivity contribution in [2.45, 2.75) is 25.7 Å². The molecule has 0 atom stereocenters. The Balaban J connectivity index is 2.34. The summed E-state index contributed by atoms with van der Waals surface area (Å²) in [6, 6.07) is 0. The number of rotatable bonds is 6. The van der Waals surface area contributed by atoms with Crippen LogP contribution in [0.2, 0.25) is 0 Å². The first-order valence-corrected chi connectivity index (χ1v) is 5.96. The van der Waals surface area contributed by atoms with Gasteiger partial charge in [-0.25, -0.2) is 4.79 Å². The minimum Gasteiger partial charge on any atom is -0.345 e. The van der Waals surface area contributed by atoms with Crippen LogP contribution in [0.1, 0.15) is 25.7 Å². The second-order valence-corrected chi connectivity index (χ2v) is 4.15. The zero-order valence-corrected chi connectivity index (χ0v) is 10.8. The summed E-state index contributed by atoms with van der Waals surface area (Å²) in [6.45, 7) is 0.387. The van der Waals surface area contributed by atoms with Crippen molar-refractivity contribution in [1.82, 2.24) is 9.96 Å². The zero-order valence-electron chi connectivity index (χ0n) is 10.8. The first-order valence-electron chi connectivity index (χ1n) is 5.96. The van der Waals surface area contributed by atoms with E-state index in [2.05, 4.69) is 4.84 Å². The van der Waals surface area contributed by atoms with Gasteiger partial charge in [0, 0.05) is 39.4 Å². The van der Waals surface area contributed by atoms with E-state index in [4.69, 9.17) is 5.73 Å². The van der Waals surface area contributed by atoms with E-state index in [1.807, 2.05) is 0 Å². The third kappa shape index (κ3) is 4.32. The highest BCUT2D eigenvalue weighted by Crippen LogP contribution is 2.12. The van der Waals surface area contributed by atoms with Crippen LogP contribution in [0.15, 0.2) is 0 Å². The molecule has 8 nitrogen and oxygen atoms in total. The van der Waals surface area contributed by atoms with Crippen LogP contribution in [0.25, 0.3) is 0 Å². The fourth-order valence-electron chi connectivity index (χ4n) is 1.50. The van der Waals surface area contributed by atoms with E-state index >= 15 is 0 Å². The average Bonchev–Trinajstić information content (AvgIpc) is 2.68.